The van der Waals surface area contributed by atoms with Crippen molar-refractivity contribution in [1.29, 1.82) is 0 Å². The lowest BCUT2D eigenvalue weighted by Crippen LogP contribution is -2.34. The topological polar surface area (TPSA) is 48.0 Å². The number of methoxy groups -OCH3 is 1. The van der Waals surface area contributed by atoms with Gasteiger partial charge in [0.05, 0.1) is 7.11 Å². The second-order valence-corrected chi connectivity index (χ2v) is 9.89. The summed E-state index contributed by atoms with van der Waals surface area (Å²) in [6.07, 6.45) is 8.12. The third-order valence-electron chi connectivity index (χ3n) is 7.37. The molecular formula is C26H35NO4. The molecule has 31 heavy (non-hydrogen) atoms. The Bertz CT molecular complexity index is 943. The average molecular weight is 426 g/mol. The first-order valence-corrected chi connectivity index (χ1v) is 11.3. The largest absolute Gasteiger partial charge is 0.492 e. The monoisotopic (exact) mass is 425 g/mol. The lowest BCUT2D eigenvalue weighted by Gasteiger charge is -2.37. The molecule has 168 valence electrons. The predicted molar refractivity (Wildman–Crippen MR) is 122 cm³/mol. The highest BCUT2D eigenvalue weighted by Gasteiger charge is 2.36. The van der Waals surface area contributed by atoms with Crippen molar-refractivity contribution in [3.05, 3.63) is 40.5 Å². The molecule has 0 bridgehead atoms. The maximum atomic E-state index is 13.4. The number of likely N-dealkylation sites (N-methyl/N-ethyl adjacent to an activating group) is 1. The number of carbonyl (C=O) groups excluding carboxylic acids is 1. The average Bonchev–Trinajstić information content (AvgIpc) is 3.19. The number of allylic oxidation sites excluding steroid dienone is 4. The molecule has 5 heteroatoms. The fourth-order valence-corrected chi connectivity index (χ4v) is 5.39. The van der Waals surface area contributed by atoms with E-state index in [1.165, 1.54) is 11.1 Å². The number of fused-ring (bicyclic) bond motifs is 2. The van der Waals surface area contributed by atoms with Crippen LogP contribution in [0.3, 0.4) is 0 Å². The summed E-state index contributed by atoms with van der Waals surface area (Å²) in [5.41, 5.74) is 4.66. The van der Waals surface area contributed by atoms with Gasteiger partial charge in [-0.05, 0) is 62.8 Å². The smallest absolute Gasteiger partial charge is 0.231 e. The van der Waals surface area contributed by atoms with Crippen molar-refractivity contribution in [3.8, 4) is 17.2 Å². The van der Waals surface area contributed by atoms with Gasteiger partial charge in [0.15, 0.2) is 17.3 Å². The van der Waals surface area contributed by atoms with Gasteiger partial charge >= 0.3 is 0 Å². The molecule has 0 spiro atoms. The number of benzene rings is 1. The van der Waals surface area contributed by atoms with Gasteiger partial charge in [0.1, 0.15) is 0 Å². The van der Waals surface area contributed by atoms with Crippen LogP contribution in [0.1, 0.15) is 64.1 Å². The maximum Gasteiger partial charge on any atom is 0.231 e. The molecule has 5 nitrogen and oxygen atoms in total. The molecule has 1 aliphatic carbocycles. The number of nitrogens with zero attached hydrogens (tertiary/aromatic N) is 1. The minimum atomic E-state index is -0.0416. The Kier molecular flexibility index (Phi) is 5.91. The van der Waals surface area contributed by atoms with Gasteiger partial charge in [0.2, 0.25) is 12.5 Å². The van der Waals surface area contributed by atoms with Crippen molar-refractivity contribution in [2.45, 2.75) is 59.4 Å². The Morgan fingerprint density at radius 1 is 1.35 bits per heavy atom. The number of ketones is 1. The number of hydrogen-bond acceptors (Lipinski definition) is 5. The molecule has 0 N–H and O–H groups in total. The zero-order valence-electron chi connectivity index (χ0n) is 19.7. The molecule has 1 aromatic carbocycles. The molecule has 2 heterocycles. The molecule has 0 amide bonds. The molecule has 3 aliphatic rings. The summed E-state index contributed by atoms with van der Waals surface area (Å²) in [5, 5.41) is 0. The molecule has 0 radical (unpaired) electrons. The van der Waals surface area contributed by atoms with Gasteiger partial charge in [-0.25, -0.2) is 0 Å². The van der Waals surface area contributed by atoms with E-state index in [0.29, 0.717) is 23.8 Å². The Hall–Kier alpha value is -2.27. The Morgan fingerprint density at radius 3 is 2.84 bits per heavy atom. The van der Waals surface area contributed by atoms with E-state index < -0.39 is 0 Å². The summed E-state index contributed by atoms with van der Waals surface area (Å²) >= 11 is 0. The van der Waals surface area contributed by atoms with Crippen molar-refractivity contribution in [2.75, 3.05) is 27.5 Å². The first kappa shape index (κ1) is 21.9. The first-order valence-electron chi connectivity index (χ1n) is 11.3. The third-order valence-corrected chi connectivity index (χ3v) is 7.37. The van der Waals surface area contributed by atoms with Crippen molar-refractivity contribution in [3.63, 3.8) is 0 Å². The molecule has 2 unspecified atom stereocenters. The van der Waals surface area contributed by atoms with E-state index in [-0.39, 0.29) is 24.0 Å². The second kappa shape index (κ2) is 8.34. The molecular weight excluding hydrogens is 390 g/mol. The van der Waals surface area contributed by atoms with Crippen LogP contribution < -0.4 is 14.2 Å². The van der Waals surface area contributed by atoms with Gasteiger partial charge in [-0.3, -0.25) is 9.69 Å². The molecule has 2 aliphatic heterocycles. The summed E-state index contributed by atoms with van der Waals surface area (Å²) in [7, 11) is 3.75. The van der Waals surface area contributed by atoms with Crippen LogP contribution in [-0.4, -0.2) is 38.2 Å². The number of Topliss-reactive ketones (excluding diaryl/α,β-unsaturated/α-hetero) is 1. The fourth-order valence-electron chi connectivity index (χ4n) is 5.39. The van der Waals surface area contributed by atoms with E-state index in [2.05, 4.69) is 50.9 Å². The van der Waals surface area contributed by atoms with E-state index >= 15 is 0 Å². The van der Waals surface area contributed by atoms with Crippen molar-refractivity contribution >= 4 is 5.78 Å². The fraction of sp³-hybridized carbons (Fsp3) is 0.577. The lowest BCUT2D eigenvalue weighted by atomic mass is 9.68. The Morgan fingerprint density at radius 2 is 2.13 bits per heavy atom. The summed E-state index contributed by atoms with van der Waals surface area (Å²) in [6.45, 7) is 9.88. The van der Waals surface area contributed by atoms with Crippen LogP contribution in [0.2, 0.25) is 0 Å². The summed E-state index contributed by atoms with van der Waals surface area (Å²) in [5.74, 6) is 2.61. The first-order chi connectivity index (χ1) is 14.7. The van der Waals surface area contributed by atoms with Gasteiger partial charge in [-0.1, -0.05) is 31.6 Å². The van der Waals surface area contributed by atoms with Gasteiger partial charge in [-0.2, -0.15) is 0 Å². The molecule has 0 aromatic heterocycles. The van der Waals surface area contributed by atoms with Crippen molar-refractivity contribution in [1.82, 2.24) is 4.90 Å². The van der Waals surface area contributed by atoms with Crippen LogP contribution in [0.25, 0.3) is 0 Å². The van der Waals surface area contributed by atoms with Crippen LogP contribution in [0, 0.1) is 11.3 Å². The summed E-state index contributed by atoms with van der Waals surface area (Å²) in [4.78, 5) is 15.6. The zero-order chi connectivity index (χ0) is 22.3. The number of hydrogen-bond donors (Lipinski definition) is 0. The number of rotatable bonds is 5. The van der Waals surface area contributed by atoms with Crippen LogP contribution in [-0.2, 0) is 11.2 Å². The van der Waals surface area contributed by atoms with E-state index in [1.54, 1.807) is 7.11 Å². The standard InChI is InChI=1S/C26H35NO4/c1-16-8-7-10-26(3,4)19(16)12-17(2)21(28)14-20-23-18(9-11-27(20)5)13-22-24(25(23)29-6)31-15-30-22/h8,12-13,19-20H,7,9-11,14-15H2,1-6H3/b17-12+. The Labute approximate surface area is 186 Å². The SMILES string of the molecule is COc1c2c(cc3c1C(CC(=O)/C(C)=C/C1C(C)=CCCC1(C)C)N(C)CC3)OCO2. The van der Waals surface area contributed by atoms with Crippen LogP contribution >= 0.6 is 0 Å². The van der Waals surface area contributed by atoms with Crippen molar-refractivity contribution < 1.29 is 19.0 Å². The van der Waals surface area contributed by atoms with Crippen molar-refractivity contribution in [2.24, 2.45) is 11.3 Å². The third kappa shape index (κ3) is 4.00. The minimum Gasteiger partial charge on any atom is -0.492 e. The molecule has 4 rings (SSSR count). The predicted octanol–water partition coefficient (Wildman–Crippen LogP) is 5.24. The highest BCUT2D eigenvalue weighted by molar-refractivity contribution is 5.95. The lowest BCUT2D eigenvalue weighted by molar-refractivity contribution is -0.116. The second-order valence-electron chi connectivity index (χ2n) is 9.89. The molecule has 1 aromatic rings. The number of carbonyl (C=O) groups is 1. The van der Waals surface area contributed by atoms with Gasteiger partial charge < -0.3 is 14.2 Å². The van der Waals surface area contributed by atoms with Crippen LogP contribution in [0.4, 0.5) is 0 Å². The highest BCUT2D eigenvalue weighted by atomic mass is 16.7. The molecule has 2 atom stereocenters. The van der Waals surface area contributed by atoms with E-state index in [4.69, 9.17) is 14.2 Å². The van der Waals surface area contributed by atoms with Gasteiger partial charge in [0.25, 0.3) is 0 Å². The summed E-state index contributed by atoms with van der Waals surface area (Å²) in [6, 6.07) is 2.02. The molecule has 0 saturated heterocycles. The normalized spacial score (nSPS) is 25.1. The van der Waals surface area contributed by atoms with E-state index in [1.807, 2.05) is 6.92 Å². The minimum absolute atomic E-state index is 0.0416. The molecule has 0 saturated carbocycles. The molecule has 0 fully saturated rings. The van der Waals surface area contributed by atoms with Crippen LogP contribution in [0.15, 0.2) is 29.4 Å². The Balaban J connectivity index is 1.63. The van der Waals surface area contributed by atoms with E-state index in [0.717, 1.165) is 42.7 Å². The van der Waals surface area contributed by atoms with Gasteiger partial charge in [-0.15, -0.1) is 0 Å². The van der Waals surface area contributed by atoms with Gasteiger partial charge in [0, 0.05) is 30.5 Å². The quantitative estimate of drug-likeness (QED) is 0.477. The zero-order valence-corrected chi connectivity index (χ0v) is 19.7. The van der Waals surface area contributed by atoms with E-state index in [9.17, 15) is 4.79 Å². The summed E-state index contributed by atoms with van der Waals surface area (Å²) < 4.78 is 17.1. The number of ether oxygens (including phenoxy) is 3. The van der Waals surface area contributed by atoms with Crippen LogP contribution in [0.5, 0.6) is 17.2 Å². The maximum absolute atomic E-state index is 13.4. The highest BCUT2D eigenvalue weighted by Crippen LogP contribution is 2.50.